The van der Waals surface area contributed by atoms with Crippen LogP contribution in [0, 0.1) is 0 Å². The van der Waals surface area contributed by atoms with Crippen LogP contribution in [0.3, 0.4) is 0 Å². The lowest BCUT2D eigenvalue weighted by Crippen LogP contribution is -2.33. The van der Waals surface area contributed by atoms with E-state index in [-0.39, 0.29) is 6.10 Å². The molecular weight excluding hydrogens is 270 g/mol. The molecule has 0 aromatic carbocycles. The average molecular weight is 289 g/mol. The largest absolute Gasteiger partial charge is 0.393 e. The van der Waals surface area contributed by atoms with Gasteiger partial charge in [0, 0.05) is 29.9 Å². The Hall–Kier alpha value is -1.30. The molecule has 1 saturated carbocycles. The minimum absolute atomic E-state index is 0.0905. The van der Waals surface area contributed by atoms with Gasteiger partial charge in [-0.1, -0.05) is 6.07 Å². The molecule has 2 aromatic heterocycles. The fourth-order valence-corrected chi connectivity index (χ4v) is 3.36. The zero-order chi connectivity index (χ0) is 13.8. The van der Waals surface area contributed by atoms with Gasteiger partial charge in [-0.3, -0.25) is 4.98 Å². The summed E-state index contributed by atoms with van der Waals surface area (Å²) >= 11 is 1.69. The predicted molar refractivity (Wildman–Crippen MR) is 80.4 cm³/mol. The van der Waals surface area contributed by atoms with Crippen LogP contribution in [0.1, 0.15) is 30.6 Å². The molecule has 106 valence electrons. The summed E-state index contributed by atoms with van der Waals surface area (Å²) in [5.41, 5.74) is 0.935. The second-order valence-corrected chi connectivity index (χ2v) is 6.35. The van der Waals surface area contributed by atoms with Gasteiger partial charge in [-0.05, 0) is 37.8 Å². The van der Waals surface area contributed by atoms with E-state index in [9.17, 15) is 5.11 Å². The van der Waals surface area contributed by atoms with Crippen molar-refractivity contribution < 1.29 is 5.11 Å². The number of aliphatic hydroxyl groups excluding tert-OH is 1. The van der Waals surface area contributed by atoms with Crippen molar-refractivity contribution in [2.75, 3.05) is 0 Å². The maximum Gasteiger partial charge on any atom is 0.142 e. The number of aromatic nitrogens is 2. The van der Waals surface area contributed by atoms with E-state index in [1.54, 1.807) is 17.5 Å². The van der Waals surface area contributed by atoms with Crippen molar-refractivity contribution in [3.8, 4) is 10.7 Å². The van der Waals surface area contributed by atoms with Crippen LogP contribution in [0.25, 0.3) is 10.7 Å². The fraction of sp³-hybridized carbons (Fsp3) is 0.467. The van der Waals surface area contributed by atoms with E-state index in [0.717, 1.165) is 42.9 Å². The van der Waals surface area contributed by atoms with Crippen molar-refractivity contribution in [2.24, 2.45) is 0 Å². The molecule has 0 saturated heterocycles. The zero-order valence-electron chi connectivity index (χ0n) is 11.3. The lowest BCUT2D eigenvalue weighted by Gasteiger charge is -2.26. The molecule has 1 fully saturated rings. The summed E-state index contributed by atoms with van der Waals surface area (Å²) in [7, 11) is 0. The van der Waals surface area contributed by atoms with Gasteiger partial charge >= 0.3 is 0 Å². The van der Waals surface area contributed by atoms with Crippen molar-refractivity contribution in [1.29, 1.82) is 0 Å². The number of thiazole rings is 1. The number of nitrogens with one attached hydrogen (secondary N) is 1. The highest BCUT2D eigenvalue weighted by atomic mass is 32.1. The second-order valence-electron chi connectivity index (χ2n) is 5.23. The Kier molecular flexibility index (Phi) is 4.40. The first-order chi connectivity index (χ1) is 9.81. The van der Waals surface area contributed by atoms with Gasteiger partial charge in [0.15, 0.2) is 0 Å². The van der Waals surface area contributed by atoms with Crippen molar-refractivity contribution >= 4 is 11.3 Å². The summed E-state index contributed by atoms with van der Waals surface area (Å²) in [6, 6.07) is 6.41. The zero-order valence-corrected chi connectivity index (χ0v) is 12.1. The van der Waals surface area contributed by atoms with Crippen LogP contribution in [-0.2, 0) is 6.54 Å². The molecule has 2 heterocycles. The summed E-state index contributed by atoms with van der Waals surface area (Å²) in [6.45, 7) is 0.852. The smallest absolute Gasteiger partial charge is 0.142 e. The molecule has 0 radical (unpaired) electrons. The summed E-state index contributed by atoms with van der Waals surface area (Å²) < 4.78 is 0. The SMILES string of the molecule is OC1CCC(NCc2cnc(-c3ccccn3)s2)CC1. The van der Waals surface area contributed by atoms with Gasteiger partial charge in [-0.25, -0.2) is 4.98 Å². The highest BCUT2D eigenvalue weighted by Crippen LogP contribution is 2.24. The van der Waals surface area contributed by atoms with Crippen molar-refractivity contribution in [2.45, 2.75) is 44.4 Å². The molecule has 2 N–H and O–H groups in total. The number of aliphatic hydroxyl groups is 1. The molecule has 0 unspecified atom stereocenters. The van der Waals surface area contributed by atoms with Gasteiger partial charge < -0.3 is 10.4 Å². The van der Waals surface area contributed by atoms with Crippen LogP contribution < -0.4 is 5.32 Å². The van der Waals surface area contributed by atoms with Crippen LogP contribution in [-0.4, -0.2) is 27.2 Å². The quantitative estimate of drug-likeness (QED) is 0.908. The van der Waals surface area contributed by atoms with Crippen LogP contribution in [0.4, 0.5) is 0 Å². The molecule has 20 heavy (non-hydrogen) atoms. The fourth-order valence-electron chi connectivity index (χ4n) is 2.52. The number of hydrogen-bond acceptors (Lipinski definition) is 5. The highest BCUT2D eigenvalue weighted by Gasteiger charge is 2.18. The van der Waals surface area contributed by atoms with Crippen molar-refractivity contribution in [3.05, 3.63) is 35.5 Å². The predicted octanol–water partition coefficient (Wildman–Crippen LogP) is 2.60. The van der Waals surface area contributed by atoms with Crippen molar-refractivity contribution in [1.82, 2.24) is 15.3 Å². The Labute approximate surface area is 122 Å². The Balaban J connectivity index is 1.55. The lowest BCUT2D eigenvalue weighted by molar-refractivity contribution is 0.116. The van der Waals surface area contributed by atoms with Gasteiger partial charge in [-0.2, -0.15) is 0 Å². The Morgan fingerprint density at radius 1 is 1.20 bits per heavy atom. The Morgan fingerprint density at radius 3 is 2.80 bits per heavy atom. The molecule has 0 bridgehead atoms. The Bertz CT molecular complexity index is 535. The van der Waals surface area contributed by atoms with Crippen LogP contribution in [0.5, 0.6) is 0 Å². The van der Waals surface area contributed by atoms with Gasteiger partial charge in [0.2, 0.25) is 0 Å². The normalized spacial score (nSPS) is 22.9. The minimum atomic E-state index is -0.0905. The molecule has 0 aliphatic heterocycles. The van der Waals surface area contributed by atoms with E-state index in [2.05, 4.69) is 15.3 Å². The van der Waals surface area contributed by atoms with Gasteiger partial charge in [-0.15, -0.1) is 11.3 Å². The average Bonchev–Trinajstić information content (AvgIpc) is 2.97. The third kappa shape index (κ3) is 3.42. The van der Waals surface area contributed by atoms with Crippen LogP contribution in [0.2, 0.25) is 0 Å². The van der Waals surface area contributed by atoms with Crippen LogP contribution in [0.15, 0.2) is 30.6 Å². The van der Waals surface area contributed by atoms with E-state index < -0.39 is 0 Å². The first-order valence-electron chi connectivity index (χ1n) is 7.09. The molecule has 0 atom stereocenters. The topological polar surface area (TPSA) is 58.0 Å². The molecule has 3 rings (SSSR count). The lowest BCUT2D eigenvalue weighted by atomic mass is 9.93. The summed E-state index contributed by atoms with van der Waals surface area (Å²) in [4.78, 5) is 9.99. The molecule has 1 aliphatic carbocycles. The van der Waals surface area contributed by atoms with E-state index >= 15 is 0 Å². The first kappa shape index (κ1) is 13.7. The third-order valence-electron chi connectivity index (χ3n) is 3.70. The van der Waals surface area contributed by atoms with E-state index in [4.69, 9.17) is 0 Å². The van der Waals surface area contributed by atoms with E-state index in [1.807, 2.05) is 24.4 Å². The standard InChI is InChI=1S/C15H19N3OS/c19-12-6-4-11(5-7-12)17-9-13-10-18-15(20-13)14-3-1-2-8-16-14/h1-3,8,10-12,17,19H,4-7,9H2. The van der Waals surface area contributed by atoms with Gasteiger partial charge in [0.25, 0.3) is 0 Å². The summed E-state index contributed by atoms with van der Waals surface area (Å²) in [5.74, 6) is 0. The van der Waals surface area contributed by atoms with E-state index in [1.165, 1.54) is 4.88 Å². The maximum absolute atomic E-state index is 9.50. The van der Waals surface area contributed by atoms with Crippen LogP contribution >= 0.6 is 11.3 Å². The molecule has 5 heteroatoms. The van der Waals surface area contributed by atoms with Crippen molar-refractivity contribution in [3.63, 3.8) is 0 Å². The second kappa shape index (κ2) is 6.43. The monoisotopic (exact) mass is 289 g/mol. The first-order valence-corrected chi connectivity index (χ1v) is 7.90. The summed E-state index contributed by atoms with van der Waals surface area (Å²) in [5, 5.41) is 14.0. The number of rotatable bonds is 4. The molecule has 0 spiro atoms. The Morgan fingerprint density at radius 2 is 2.05 bits per heavy atom. The number of pyridine rings is 1. The molecule has 4 nitrogen and oxygen atoms in total. The van der Waals surface area contributed by atoms with E-state index in [0.29, 0.717) is 6.04 Å². The molecule has 0 amide bonds. The number of hydrogen-bond donors (Lipinski definition) is 2. The molecule has 2 aromatic rings. The molecular formula is C15H19N3OS. The number of nitrogens with zero attached hydrogens (tertiary/aromatic N) is 2. The minimum Gasteiger partial charge on any atom is -0.393 e. The maximum atomic E-state index is 9.50. The highest BCUT2D eigenvalue weighted by molar-refractivity contribution is 7.14. The van der Waals surface area contributed by atoms with Gasteiger partial charge in [0.1, 0.15) is 5.01 Å². The third-order valence-corrected chi connectivity index (χ3v) is 4.72. The summed E-state index contributed by atoms with van der Waals surface area (Å²) in [6.07, 6.45) is 7.59. The molecule has 1 aliphatic rings. The van der Waals surface area contributed by atoms with Gasteiger partial charge in [0.05, 0.1) is 11.8 Å².